The highest BCUT2D eigenvalue weighted by atomic mass is 16.5. The van der Waals surface area contributed by atoms with Gasteiger partial charge in [-0.15, -0.1) is 0 Å². The van der Waals surface area contributed by atoms with Crippen LogP contribution in [0.4, 0.5) is 0 Å². The van der Waals surface area contributed by atoms with Crippen LogP contribution in [0.3, 0.4) is 0 Å². The van der Waals surface area contributed by atoms with E-state index in [4.69, 9.17) is 4.74 Å². The predicted octanol–water partition coefficient (Wildman–Crippen LogP) is 2.96. The summed E-state index contributed by atoms with van der Waals surface area (Å²) in [7, 11) is 1.57. The van der Waals surface area contributed by atoms with E-state index in [1.807, 2.05) is 0 Å². The number of hydrogen-bond donors (Lipinski definition) is 1. The summed E-state index contributed by atoms with van der Waals surface area (Å²) in [5.74, 6) is 0.643. The summed E-state index contributed by atoms with van der Waals surface area (Å²) < 4.78 is 5.58. The minimum Gasteiger partial charge on any atom is -0.494 e. The molecule has 0 saturated heterocycles. The zero-order valence-corrected chi connectivity index (χ0v) is 12.3. The first-order chi connectivity index (χ1) is 9.67. The maximum atomic E-state index is 11.9. The third-order valence-corrected chi connectivity index (χ3v) is 3.05. The molecular formula is C16H23NO3. The molecule has 1 N–H and O–H groups in total. The smallest absolute Gasteiger partial charge is 0.220 e. The Bertz CT molecular complexity index is 426. The molecule has 0 aromatic heterocycles. The van der Waals surface area contributed by atoms with Gasteiger partial charge >= 0.3 is 0 Å². The van der Waals surface area contributed by atoms with Gasteiger partial charge in [-0.1, -0.05) is 19.8 Å². The summed E-state index contributed by atoms with van der Waals surface area (Å²) in [4.78, 5) is 22.9. The van der Waals surface area contributed by atoms with Gasteiger partial charge in [0.25, 0.3) is 0 Å². The van der Waals surface area contributed by atoms with E-state index in [0.717, 1.165) is 18.6 Å². The SMILES string of the molecule is CCCCCOc1ccc(C(=O)CCC(=O)NC)cc1. The highest BCUT2D eigenvalue weighted by molar-refractivity contribution is 5.98. The number of amides is 1. The molecule has 110 valence electrons. The molecule has 0 atom stereocenters. The second-order valence-corrected chi connectivity index (χ2v) is 4.68. The van der Waals surface area contributed by atoms with Gasteiger partial charge in [0.05, 0.1) is 6.61 Å². The summed E-state index contributed by atoms with van der Waals surface area (Å²) in [6.07, 6.45) is 3.84. The number of rotatable bonds is 9. The van der Waals surface area contributed by atoms with Crippen molar-refractivity contribution in [3.63, 3.8) is 0 Å². The van der Waals surface area contributed by atoms with Crippen molar-refractivity contribution in [1.82, 2.24) is 5.32 Å². The minimum atomic E-state index is -0.116. The first-order valence-corrected chi connectivity index (χ1v) is 7.14. The lowest BCUT2D eigenvalue weighted by Gasteiger charge is -2.06. The van der Waals surface area contributed by atoms with Gasteiger partial charge in [0.2, 0.25) is 5.91 Å². The van der Waals surface area contributed by atoms with Crippen LogP contribution in [0, 0.1) is 0 Å². The molecular weight excluding hydrogens is 254 g/mol. The van der Waals surface area contributed by atoms with Crippen LogP contribution < -0.4 is 10.1 Å². The molecule has 0 spiro atoms. The number of ketones is 1. The second kappa shape index (κ2) is 9.13. The van der Waals surface area contributed by atoms with Crippen LogP contribution in [0.25, 0.3) is 0 Å². The average Bonchev–Trinajstić information content (AvgIpc) is 2.49. The van der Waals surface area contributed by atoms with E-state index in [1.165, 1.54) is 6.42 Å². The fourth-order valence-electron chi connectivity index (χ4n) is 1.78. The lowest BCUT2D eigenvalue weighted by atomic mass is 10.1. The molecule has 1 aromatic carbocycles. The first-order valence-electron chi connectivity index (χ1n) is 7.14. The van der Waals surface area contributed by atoms with Gasteiger partial charge in [0.15, 0.2) is 5.78 Å². The lowest BCUT2D eigenvalue weighted by Crippen LogP contribution is -2.18. The van der Waals surface area contributed by atoms with Crippen LogP contribution in [-0.2, 0) is 4.79 Å². The minimum absolute atomic E-state index is 0.0221. The molecule has 0 saturated carbocycles. The monoisotopic (exact) mass is 277 g/mol. The molecule has 1 amide bonds. The third kappa shape index (κ3) is 5.87. The maximum absolute atomic E-state index is 11.9. The Balaban J connectivity index is 2.41. The predicted molar refractivity (Wildman–Crippen MR) is 79.1 cm³/mol. The molecule has 0 heterocycles. The Morgan fingerprint density at radius 2 is 1.80 bits per heavy atom. The lowest BCUT2D eigenvalue weighted by molar-refractivity contribution is -0.120. The van der Waals surface area contributed by atoms with Crippen molar-refractivity contribution in [2.45, 2.75) is 39.0 Å². The summed E-state index contributed by atoms with van der Waals surface area (Å²) in [6, 6.07) is 7.11. The highest BCUT2D eigenvalue weighted by Gasteiger charge is 2.08. The van der Waals surface area contributed by atoms with Crippen LogP contribution in [0.15, 0.2) is 24.3 Å². The maximum Gasteiger partial charge on any atom is 0.220 e. The number of Topliss-reactive ketones (excluding diaryl/α,β-unsaturated/α-hetero) is 1. The van der Waals surface area contributed by atoms with E-state index < -0.39 is 0 Å². The largest absolute Gasteiger partial charge is 0.494 e. The average molecular weight is 277 g/mol. The quantitative estimate of drug-likeness (QED) is 0.557. The highest BCUT2D eigenvalue weighted by Crippen LogP contribution is 2.14. The van der Waals surface area contributed by atoms with Crippen molar-refractivity contribution in [3.8, 4) is 5.75 Å². The molecule has 0 aliphatic carbocycles. The van der Waals surface area contributed by atoms with Crippen LogP contribution >= 0.6 is 0 Å². The van der Waals surface area contributed by atoms with Crippen molar-refractivity contribution < 1.29 is 14.3 Å². The standard InChI is InChI=1S/C16H23NO3/c1-3-4-5-12-20-14-8-6-13(7-9-14)15(18)10-11-16(19)17-2/h6-9H,3-5,10-12H2,1-2H3,(H,17,19). The van der Waals surface area contributed by atoms with Gasteiger partial charge in [0, 0.05) is 25.5 Å². The van der Waals surface area contributed by atoms with Gasteiger partial charge in [-0.05, 0) is 30.7 Å². The second-order valence-electron chi connectivity index (χ2n) is 4.68. The fraction of sp³-hybridized carbons (Fsp3) is 0.500. The number of nitrogens with one attached hydrogen (secondary N) is 1. The Morgan fingerprint density at radius 1 is 1.10 bits per heavy atom. The van der Waals surface area contributed by atoms with Crippen LogP contribution in [0.2, 0.25) is 0 Å². The van der Waals surface area contributed by atoms with Crippen molar-refractivity contribution in [2.75, 3.05) is 13.7 Å². The molecule has 0 aliphatic rings. The van der Waals surface area contributed by atoms with Gasteiger partial charge in [-0.2, -0.15) is 0 Å². The third-order valence-electron chi connectivity index (χ3n) is 3.05. The van der Waals surface area contributed by atoms with Crippen molar-refractivity contribution in [1.29, 1.82) is 0 Å². The Labute approximate surface area is 120 Å². The number of unbranched alkanes of at least 4 members (excludes halogenated alkanes) is 2. The van der Waals surface area contributed by atoms with Gasteiger partial charge in [0.1, 0.15) is 5.75 Å². The summed E-state index contributed by atoms with van der Waals surface area (Å²) in [5.41, 5.74) is 0.620. The van der Waals surface area contributed by atoms with Crippen molar-refractivity contribution in [3.05, 3.63) is 29.8 Å². The van der Waals surface area contributed by atoms with Gasteiger partial charge < -0.3 is 10.1 Å². The molecule has 1 aromatic rings. The molecule has 4 nitrogen and oxygen atoms in total. The van der Waals surface area contributed by atoms with E-state index in [9.17, 15) is 9.59 Å². The summed E-state index contributed by atoms with van der Waals surface area (Å²) in [6.45, 7) is 2.86. The van der Waals surface area contributed by atoms with E-state index >= 15 is 0 Å². The van der Waals surface area contributed by atoms with E-state index in [1.54, 1.807) is 31.3 Å². The van der Waals surface area contributed by atoms with E-state index in [2.05, 4.69) is 12.2 Å². The van der Waals surface area contributed by atoms with Gasteiger partial charge in [-0.3, -0.25) is 9.59 Å². The zero-order valence-electron chi connectivity index (χ0n) is 12.3. The molecule has 20 heavy (non-hydrogen) atoms. The topological polar surface area (TPSA) is 55.4 Å². The molecule has 0 aliphatic heterocycles. The number of carbonyl (C=O) groups excluding carboxylic acids is 2. The van der Waals surface area contributed by atoms with Crippen molar-refractivity contribution >= 4 is 11.7 Å². The normalized spacial score (nSPS) is 10.1. The Hall–Kier alpha value is -1.84. The number of hydrogen-bond acceptors (Lipinski definition) is 3. The summed E-state index contributed by atoms with van der Waals surface area (Å²) >= 11 is 0. The van der Waals surface area contributed by atoms with E-state index in [-0.39, 0.29) is 24.5 Å². The summed E-state index contributed by atoms with van der Waals surface area (Å²) in [5, 5.41) is 2.50. The fourth-order valence-corrected chi connectivity index (χ4v) is 1.78. The number of carbonyl (C=O) groups is 2. The van der Waals surface area contributed by atoms with E-state index in [0.29, 0.717) is 12.2 Å². The van der Waals surface area contributed by atoms with Crippen LogP contribution in [-0.4, -0.2) is 25.3 Å². The Morgan fingerprint density at radius 3 is 2.40 bits per heavy atom. The van der Waals surface area contributed by atoms with Crippen LogP contribution in [0.5, 0.6) is 5.75 Å². The molecule has 0 radical (unpaired) electrons. The first kappa shape index (κ1) is 16.2. The Kier molecular flexibility index (Phi) is 7.40. The molecule has 0 bridgehead atoms. The van der Waals surface area contributed by atoms with Crippen LogP contribution in [0.1, 0.15) is 49.4 Å². The molecule has 1 rings (SSSR count). The number of benzene rings is 1. The zero-order chi connectivity index (χ0) is 14.8. The van der Waals surface area contributed by atoms with Gasteiger partial charge in [-0.25, -0.2) is 0 Å². The van der Waals surface area contributed by atoms with Crippen molar-refractivity contribution in [2.24, 2.45) is 0 Å². The molecule has 4 heteroatoms. The molecule has 0 fully saturated rings. The number of ether oxygens (including phenoxy) is 1. The molecule has 0 unspecified atom stereocenters.